The van der Waals surface area contributed by atoms with Gasteiger partial charge in [0, 0.05) is 0 Å². The van der Waals surface area contributed by atoms with Gasteiger partial charge in [-0.05, 0) is 4.68 Å². The summed E-state index contributed by atoms with van der Waals surface area (Å²) < 4.78 is 0.459. The van der Waals surface area contributed by atoms with Crippen molar-refractivity contribution in [1.82, 2.24) is 19.6 Å². The van der Waals surface area contributed by atoms with Gasteiger partial charge in [-0.2, -0.15) is 4.98 Å². The molecule has 2 aromatic rings. The van der Waals surface area contributed by atoms with Gasteiger partial charge < -0.3 is 0 Å². The smallest absolute Gasteiger partial charge is 0.280 e. The van der Waals surface area contributed by atoms with E-state index < -0.39 is 10.6 Å². The Bertz CT molecular complexity index is 627. The molecule has 11 nitrogen and oxygen atoms in total. The molecule has 11 heteroatoms. The number of nitrogens with one attached hydrogen (secondary N) is 2. The fraction of sp³-hybridized carbons (Fsp3) is 0. The number of anilines is 1. The second kappa shape index (κ2) is 3.38. The van der Waals surface area contributed by atoms with E-state index in [1.54, 1.807) is 0 Å². The number of nitro groups is 1. The highest BCUT2D eigenvalue weighted by Gasteiger charge is 2.15. The second-order valence-corrected chi connectivity index (χ2v) is 2.62. The van der Waals surface area contributed by atoms with Gasteiger partial charge in [0.2, 0.25) is 11.6 Å². The van der Waals surface area contributed by atoms with Gasteiger partial charge in [-0.15, -0.1) is 4.91 Å². The molecule has 0 amide bonds. The van der Waals surface area contributed by atoms with Gasteiger partial charge in [0.15, 0.2) is 16.9 Å². The predicted molar refractivity (Wildman–Crippen MR) is 50.0 cm³/mol. The van der Waals surface area contributed by atoms with Crippen molar-refractivity contribution < 1.29 is 5.03 Å². The summed E-state index contributed by atoms with van der Waals surface area (Å²) in [5.41, 5.74) is 0.645. The average molecular weight is 225 g/mol. The predicted octanol–water partition coefficient (Wildman–Crippen LogP) is -0.747. The lowest BCUT2D eigenvalue weighted by atomic mass is 10.5. The Balaban J connectivity index is 2.76. The van der Waals surface area contributed by atoms with Crippen LogP contribution in [0.1, 0.15) is 0 Å². The maximum atomic E-state index is 11.3. The summed E-state index contributed by atoms with van der Waals surface area (Å²) in [6.07, 6.45) is 0.838. The first-order chi connectivity index (χ1) is 7.63. The third-order valence-electron chi connectivity index (χ3n) is 1.72. The number of imidazole rings is 1. The van der Waals surface area contributed by atoms with Crippen molar-refractivity contribution in [2.75, 3.05) is 5.43 Å². The molecule has 2 N–H and O–H groups in total. The van der Waals surface area contributed by atoms with E-state index >= 15 is 0 Å². The van der Waals surface area contributed by atoms with Crippen molar-refractivity contribution in [3.63, 3.8) is 0 Å². The molecule has 0 saturated heterocycles. The molecule has 2 rings (SSSR count). The van der Waals surface area contributed by atoms with Crippen LogP contribution in [0.4, 0.5) is 5.95 Å². The molecule has 0 aliphatic carbocycles. The molecule has 0 unspecified atom stereocenters. The van der Waals surface area contributed by atoms with Gasteiger partial charge in [-0.3, -0.25) is 9.78 Å². The summed E-state index contributed by atoms with van der Waals surface area (Å²) in [6.45, 7) is 0. The standard InChI is InChI=1S/C5H3N7O4/c13-4-2-3(7-5(8-4)9-10-14)11(1-6-2)12(15)16/h1H,(H2,7,8,9,13,14). The van der Waals surface area contributed by atoms with Crippen molar-refractivity contribution in [1.29, 1.82) is 0 Å². The van der Waals surface area contributed by atoms with Gasteiger partial charge in [0.25, 0.3) is 5.56 Å². The molecule has 16 heavy (non-hydrogen) atoms. The van der Waals surface area contributed by atoms with E-state index in [2.05, 4.69) is 20.2 Å². The van der Waals surface area contributed by atoms with Crippen molar-refractivity contribution in [3.8, 4) is 0 Å². The molecule has 2 aromatic heterocycles. The quantitative estimate of drug-likeness (QED) is 0.396. The lowest BCUT2D eigenvalue weighted by molar-refractivity contribution is -0.538. The largest absolute Gasteiger partial charge is 0.289 e. The number of hydrogen-bond acceptors (Lipinski definition) is 7. The zero-order chi connectivity index (χ0) is 11.7. The summed E-state index contributed by atoms with van der Waals surface area (Å²) >= 11 is 0. The molecule has 0 saturated carbocycles. The number of H-pyrrole nitrogens is 1. The van der Waals surface area contributed by atoms with Crippen LogP contribution in [-0.2, 0) is 0 Å². The Morgan fingerprint density at radius 1 is 1.62 bits per heavy atom. The van der Waals surface area contributed by atoms with Crippen LogP contribution >= 0.6 is 0 Å². The highest BCUT2D eigenvalue weighted by atomic mass is 16.7. The Morgan fingerprint density at radius 3 is 3.00 bits per heavy atom. The molecule has 0 fully saturated rings. The van der Waals surface area contributed by atoms with Gasteiger partial charge in [-0.1, -0.05) is 0 Å². The van der Waals surface area contributed by atoms with Gasteiger partial charge >= 0.3 is 0 Å². The van der Waals surface area contributed by atoms with Crippen LogP contribution < -0.4 is 11.0 Å². The summed E-state index contributed by atoms with van der Waals surface area (Å²) in [5.74, 6) is -0.295. The number of aromatic amines is 1. The van der Waals surface area contributed by atoms with Crippen molar-refractivity contribution in [2.45, 2.75) is 0 Å². The molecular weight excluding hydrogens is 222 g/mol. The first-order valence-corrected chi connectivity index (χ1v) is 3.84. The second-order valence-electron chi connectivity index (χ2n) is 2.62. The van der Waals surface area contributed by atoms with Crippen LogP contribution in [0.5, 0.6) is 0 Å². The van der Waals surface area contributed by atoms with Gasteiger partial charge in [0.05, 0.1) is 5.29 Å². The molecule has 0 radical (unpaired) electrons. The SMILES string of the molecule is O=NNc1nc2c(ncn2[N+](=O)[O-])c(=O)[nH]1. The third-order valence-corrected chi connectivity index (χ3v) is 1.72. The fourth-order valence-electron chi connectivity index (χ4n) is 1.11. The molecule has 0 atom stereocenters. The maximum absolute atomic E-state index is 11.3. The normalized spacial score (nSPS) is 10.2. The molecule has 0 bridgehead atoms. The van der Waals surface area contributed by atoms with Crippen LogP contribution in [0.3, 0.4) is 0 Å². The highest BCUT2D eigenvalue weighted by molar-refractivity contribution is 5.70. The molecule has 0 aliphatic rings. The summed E-state index contributed by atoms with van der Waals surface area (Å²) in [4.78, 5) is 41.0. The zero-order valence-electron chi connectivity index (χ0n) is 7.45. The zero-order valence-corrected chi connectivity index (χ0v) is 7.45. The Kier molecular flexibility index (Phi) is 2.05. The summed E-state index contributed by atoms with van der Waals surface area (Å²) in [7, 11) is 0. The van der Waals surface area contributed by atoms with Crippen molar-refractivity contribution in [2.24, 2.45) is 5.29 Å². The van der Waals surface area contributed by atoms with Crippen LogP contribution in [0.15, 0.2) is 16.4 Å². The van der Waals surface area contributed by atoms with E-state index in [0.29, 0.717) is 4.68 Å². The Labute approximate surface area is 85.2 Å². The van der Waals surface area contributed by atoms with E-state index in [9.17, 15) is 19.8 Å². The average Bonchev–Trinajstić information content (AvgIpc) is 2.62. The highest BCUT2D eigenvalue weighted by Crippen LogP contribution is 2.06. The lowest BCUT2D eigenvalue weighted by Crippen LogP contribution is -2.14. The minimum absolute atomic E-state index is 0.201. The van der Waals surface area contributed by atoms with Gasteiger partial charge in [0.1, 0.15) is 0 Å². The van der Waals surface area contributed by atoms with Crippen LogP contribution in [-0.4, -0.2) is 24.7 Å². The first kappa shape index (κ1) is 9.70. The Hall–Kier alpha value is -2.85. The van der Waals surface area contributed by atoms with Crippen LogP contribution in [0.25, 0.3) is 11.2 Å². The van der Waals surface area contributed by atoms with E-state index in [0.717, 1.165) is 6.33 Å². The number of fused-ring (bicyclic) bond motifs is 1. The molecule has 0 spiro atoms. The van der Waals surface area contributed by atoms with Crippen molar-refractivity contribution in [3.05, 3.63) is 31.7 Å². The lowest BCUT2D eigenvalue weighted by Gasteiger charge is -1.95. The fourth-order valence-corrected chi connectivity index (χ4v) is 1.11. The van der Waals surface area contributed by atoms with E-state index in [-0.39, 0.29) is 17.1 Å². The van der Waals surface area contributed by atoms with E-state index in [4.69, 9.17) is 0 Å². The minimum atomic E-state index is -0.806. The number of rotatable bonds is 3. The number of nitroso groups, excluding NO2 is 1. The van der Waals surface area contributed by atoms with E-state index in [1.165, 1.54) is 0 Å². The summed E-state index contributed by atoms with van der Waals surface area (Å²) in [6, 6.07) is 0. The van der Waals surface area contributed by atoms with Crippen LogP contribution in [0.2, 0.25) is 0 Å². The molecular formula is C5H3N7O4. The monoisotopic (exact) mass is 225 g/mol. The molecule has 82 valence electrons. The summed E-state index contributed by atoms with van der Waals surface area (Å²) in [5, 5.41) is 12.0. The number of hydrogen-bond donors (Lipinski definition) is 2. The number of nitrogens with zero attached hydrogens (tertiary/aromatic N) is 5. The topological polar surface area (TPSA) is 148 Å². The Morgan fingerprint density at radius 2 is 2.38 bits per heavy atom. The molecule has 0 aromatic carbocycles. The van der Waals surface area contributed by atoms with Gasteiger partial charge in [-0.25, -0.2) is 20.5 Å². The maximum Gasteiger partial charge on any atom is 0.280 e. The molecule has 0 aliphatic heterocycles. The van der Waals surface area contributed by atoms with E-state index in [1.807, 2.05) is 5.43 Å². The minimum Gasteiger partial charge on any atom is -0.289 e. The first-order valence-electron chi connectivity index (χ1n) is 3.84. The van der Waals surface area contributed by atoms with Crippen molar-refractivity contribution >= 4 is 17.1 Å². The van der Waals surface area contributed by atoms with Crippen LogP contribution in [0, 0.1) is 15.0 Å². The molecule has 2 heterocycles. The number of aromatic nitrogens is 4. The third kappa shape index (κ3) is 1.35.